The molecule has 3 rings (SSSR count). The summed E-state index contributed by atoms with van der Waals surface area (Å²) in [4.78, 5) is 8.32. The molecular formula is C15H13ClF3N5O. The lowest BCUT2D eigenvalue weighted by Gasteiger charge is -2.09. The van der Waals surface area contributed by atoms with Crippen molar-refractivity contribution in [2.75, 3.05) is 17.7 Å². The van der Waals surface area contributed by atoms with Gasteiger partial charge in [-0.25, -0.2) is 4.98 Å². The van der Waals surface area contributed by atoms with E-state index in [2.05, 4.69) is 20.4 Å². The quantitative estimate of drug-likeness (QED) is 0.674. The first kappa shape index (κ1) is 17.4. The Morgan fingerprint density at radius 1 is 1.28 bits per heavy atom. The van der Waals surface area contributed by atoms with Crippen molar-refractivity contribution in [2.24, 2.45) is 0 Å². The second-order valence-corrected chi connectivity index (χ2v) is 5.55. The van der Waals surface area contributed by atoms with Crippen molar-refractivity contribution >= 4 is 23.2 Å². The summed E-state index contributed by atoms with van der Waals surface area (Å²) in [5, 5.41) is 16.5. The second-order valence-electron chi connectivity index (χ2n) is 5.24. The number of aliphatic hydroxyl groups excluding tert-OH is 1. The summed E-state index contributed by atoms with van der Waals surface area (Å²) in [5.74, 6) is 0.490. The van der Waals surface area contributed by atoms with Crippen molar-refractivity contribution in [3.05, 3.63) is 42.1 Å². The van der Waals surface area contributed by atoms with Gasteiger partial charge in [-0.05, 0) is 12.1 Å². The molecule has 2 heterocycles. The van der Waals surface area contributed by atoms with Crippen LogP contribution in [-0.2, 0) is 6.18 Å². The van der Waals surface area contributed by atoms with Crippen LogP contribution >= 0.6 is 11.6 Å². The molecule has 1 atom stereocenters. The number of hydrogen-bond donors (Lipinski definition) is 2. The Labute approximate surface area is 145 Å². The van der Waals surface area contributed by atoms with Gasteiger partial charge >= 0.3 is 6.18 Å². The number of aliphatic hydroxyl groups is 1. The number of aromatic nitrogens is 4. The Kier molecular flexibility index (Phi) is 4.78. The second kappa shape index (κ2) is 6.85. The third kappa shape index (κ3) is 3.83. The van der Waals surface area contributed by atoms with E-state index in [1.165, 1.54) is 22.8 Å². The molecule has 2 N–H and O–H groups in total. The van der Waals surface area contributed by atoms with Crippen molar-refractivity contribution in [1.82, 2.24) is 19.6 Å². The molecule has 1 unspecified atom stereocenters. The largest absolute Gasteiger partial charge is 0.416 e. The highest BCUT2D eigenvalue weighted by molar-refractivity contribution is 6.18. The van der Waals surface area contributed by atoms with Crippen LogP contribution in [-0.4, -0.2) is 43.2 Å². The number of fused-ring (bicyclic) bond motifs is 1. The number of benzene rings is 1. The molecule has 0 fully saturated rings. The molecule has 3 aromatic rings. The summed E-state index contributed by atoms with van der Waals surface area (Å²) in [6, 6.07) is 6.40. The molecule has 0 saturated heterocycles. The molecule has 0 aliphatic heterocycles. The van der Waals surface area contributed by atoms with Crippen molar-refractivity contribution in [3.63, 3.8) is 0 Å². The number of alkyl halides is 4. The third-order valence-electron chi connectivity index (χ3n) is 3.38. The summed E-state index contributed by atoms with van der Waals surface area (Å²) >= 11 is 5.52. The standard InChI is InChI=1S/C15H13ClF3N5O/c16-7-11(25)8-21-14-22-12-4-5-20-13(24(12)23-14)9-2-1-3-10(6-9)15(17,18)19/h1-6,11,25H,7-8H2,(H,21,23). The van der Waals surface area contributed by atoms with E-state index in [4.69, 9.17) is 11.6 Å². The maximum absolute atomic E-state index is 12.9. The first-order chi connectivity index (χ1) is 11.9. The maximum Gasteiger partial charge on any atom is 0.416 e. The Bertz CT molecular complexity index is 883. The van der Waals surface area contributed by atoms with Crippen LogP contribution in [0, 0.1) is 0 Å². The Morgan fingerprint density at radius 3 is 2.80 bits per heavy atom. The van der Waals surface area contributed by atoms with Crippen LogP contribution in [0.4, 0.5) is 19.1 Å². The topological polar surface area (TPSA) is 75.3 Å². The lowest BCUT2D eigenvalue weighted by molar-refractivity contribution is -0.137. The van der Waals surface area contributed by atoms with E-state index in [9.17, 15) is 18.3 Å². The van der Waals surface area contributed by atoms with E-state index in [1.54, 1.807) is 6.07 Å². The zero-order valence-electron chi connectivity index (χ0n) is 12.7. The highest BCUT2D eigenvalue weighted by Crippen LogP contribution is 2.31. The molecule has 25 heavy (non-hydrogen) atoms. The first-order valence-electron chi connectivity index (χ1n) is 7.26. The van der Waals surface area contributed by atoms with Crippen LogP contribution < -0.4 is 5.32 Å². The van der Waals surface area contributed by atoms with Crippen LogP contribution in [0.3, 0.4) is 0 Å². The van der Waals surface area contributed by atoms with E-state index in [1.807, 2.05) is 0 Å². The number of hydrogen-bond acceptors (Lipinski definition) is 5. The van der Waals surface area contributed by atoms with Gasteiger partial charge in [-0.3, -0.25) is 0 Å². The molecule has 1 aromatic carbocycles. The third-order valence-corrected chi connectivity index (χ3v) is 3.73. The van der Waals surface area contributed by atoms with Gasteiger partial charge in [-0.2, -0.15) is 22.7 Å². The predicted molar refractivity (Wildman–Crippen MR) is 86.4 cm³/mol. The van der Waals surface area contributed by atoms with E-state index >= 15 is 0 Å². The number of halogens is 4. The average molecular weight is 372 g/mol. The molecule has 6 nitrogen and oxygen atoms in total. The van der Waals surface area contributed by atoms with Gasteiger partial charge in [0.1, 0.15) is 0 Å². The fourth-order valence-corrected chi connectivity index (χ4v) is 2.30. The summed E-state index contributed by atoms with van der Waals surface area (Å²) < 4.78 is 40.1. The minimum Gasteiger partial charge on any atom is -0.390 e. The highest BCUT2D eigenvalue weighted by Gasteiger charge is 2.30. The lowest BCUT2D eigenvalue weighted by atomic mass is 10.1. The number of anilines is 1. The molecule has 0 amide bonds. The van der Waals surface area contributed by atoms with Gasteiger partial charge in [0.05, 0.1) is 17.5 Å². The van der Waals surface area contributed by atoms with Gasteiger partial charge in [0.15, 0.2) is 11.5 Å². The van der Waals surface area contributed by atoms with E-state index in [0.29, 0.717) is 5.65 Å². The molecule has 2 aromatic heterocycles. The normalized spacial score (nSPS) is 13.2. The Balaban J connectivity index is 1.98. The molecule has 10 heteroatoms. The number of nitrogens with one attached hydrogen (secondary N) is 1. The molecule has 0 spiro atoms. The first-order valence-corrected chi connectivity index (χ1v) is 7.79. The lowest BCUT2D eigenvalue weighted by Crippen LogP contribution is -2.21. The van der Waals surface area contributed by atoms with Crippen LogP contribution in [0.15, 0.2) is 36.5 Å². The minimum absolute atomic E-state index is 0.0530. The van der Waals surface area contributed by atoms with Crippen LogP contribution in [0.25, 0.3) is 17.0 Å². The van der Waals surface area contributed by atoms with Crippen LogP contribution in [0.5, 0.6) is 0 Å². The zero-order valence-corrected chi connectivity index (χ0v) is 13.5. The van der Waals surface area contributed by atoms with Crippen LogP contribution in [0.1, 0.15) is 5.56 Å². The van der Waals surface area contributed by atoms with Gasteiger partial charge in [0.2, 0.25) is 5.95 Å². The Morgan fingerprint density at radius 2 is 2.08 bits per heavy atom. The molecule has 132 valence electrons. The van der Waals surface area contributed by atoms with Gasteiger partial charge < -0.3 is 10.4 Å². The molecular weight excluding hydrogens is 359 g/mol. The summed E-state index contributed by atoms with van der Waals surface area (Å²) in [6.07, 6.45) is -3.78. The predicted octanol–water partition coefficient (Wildman–Crippen LogP) is 2.82. The fourth-order valence-electron chi connectivity index (χ4n) is 2.19. The number of rotatable bonds is 5. The summed E-state index contributed by atoms with van der Waals surface area (Å²) in [5.41, 5.74) is -0.101. The minimum atomic E-state index is -4.45. The van der Waals surface area contributed by atoms with Crippen molar-refractivity contribution < 1.29 is 18.3 Å². The molecule has 0 radical (unpaired) electrons. The summed E-state index contributed by atoms with van der Waals surface area (Å²) in [6.45, 7) is 0.146. The molecule has 0 saturated carbocycles. The molecule has 0 aliphatic carbocycles. The average Bonchev–Trinajstić information content (AvgIpc) is 3.02. The van der Waals surface area contributed by atoms with E-state index in [0.717, 1.165) is 12.1 Å². The van der Waals surface area contributed by atoms with E-state index in [-0.39, 0.29) is 29.8 Å². The van der Waals surface area contributed by atoms with Gasteiger partial charge in [-0.1, -0.05) is 12.1 Å². The van der Waals surface area contributed by atoms with Gasteiger partial charge in [0, 0.05) is 24.4 Å². The Hall–Kier alpha value is -2.39. The maximum atomic E-state index is 12.9. The molecule has 0 bridgehead atoms. The SMILES string of the molecule is OC(CCl)CNc1nc2ccnc(-c3cccc(C(F)(F)F)c3)n2n1. The monoisotopic (exact) mass is 371 g/mol. The van der Waals surface area contributed by atoms with E-state index < -0.39 is 17.8 Å². The van der Waals surface area contributed by atoms with Gasteiger partial charge in [0.25, 0.3) is 0 Å². The van der Waals surface area contributed by atoms with Crippen molar-refractivity contribution in [3.8, 4) is 11.4 Å². The van der Waals surface area contributed by atoms with Crippen molar-refractivity contribution in [2.45, 2.75) is 12.3 Å². The molecule has 0 aliphatic rings. The summed E-state index contributed by atoms with van der Waals surface area (Å²) in [7, 11) is 0. The van der Waals surface area contributed by atoms with Gasteiger partial charge in [-0.15, -0.1) is 16.7 Å². The fraction of sp³-hybridized carbons (Fsp3) is 0.267. The van der Waals surface area contributed by atoms with Crippen LogP contribution in [0.2, 0.25) is 0 Å². The van der Waals surface area contributed by atoms with Crippen molar-refractivity contribution in [1.29, 1.82) is 0 Å². The smallest absolute Gasteiger partial charge is 0.390 e. The zero-order chi connectivity index (χ0) is 18.0. The number of nitrogens with zero attached hydrogens (tertiary/aromatic N) is 4. The highest BCUT2D eigenvalue weighted by atomic mass is 35.5.